The number of fused-ring (bicyclic) bond motifs is 1. The van der Waals surface area contributed by atoms with Gasteiger partial charge in [-0.15, -0.1) is 0 Å². The topological polar surface area (TPSA) is 65.1 Å². The lowest BCUT2D eigenvalue weighted by molar-refractivity contribution is -0.122. The van der Waals surface area contributed by atoms with Crippen molar-refractivity contribution in [1.29, 1.82) is 0 Å². The fourth-order valence-electron chi connectivity index (χ4n) is 3.30. The summed E-state index contributed by atoms with van der Waals surface area (Å²) in [7, 11) is 0. The number of nitrogens with one attached hydrogen (secondary N) is 2. The number of aromatic amines is 1. The van der Waals surface area contributed by atoms with E-state index in [1.807, 2.05) is 18.3 Å². The molecule has 4 heteroatoms. The number of aliphatic hydroxyl groups is 1. The number of amides is 1. The Morgan fingerprint density at radius 2 is 2.19 bits per heavy atom. The van der Waals surface area contributed by atoms with Crippen molar-refractivity contribution in [3.63, 3.8) is 0 Å². The van der Waals surface area contributed by atoms with Crippen LogP contribution in [-0.4, -0.2) is 28.1 Å². The lowest BCUT2D eigenvalue weighted by atomic mass is 9.92. The maximum atomic E-state index is 12.2. The average Bonchev–Trinajstić information content (AvgIpc) is 2.86. The van der Waals surface area contributed by atoms with Gasteiger partial charge in [0.1, 0.15) is 0 Å². The second-order valence-corrected chi connectivity index (χ2v) is 6.01. The van der Waals surface area contributed by atoms with Gasteiger partial charge in [0.2, 0.25) is 5.91 Å². The molecule has 0 aliphatic heterocycles. The largest absolute Gasteiger partial charge is 0.391 e. The van der Waals surface area contributed by atoms with Gasteiger partial charge in [0.05, 0.1) is 18.6 Å². The maximum Gasteiger partial charge on any atom is 0.224 e. The third-order valence-electron chi connectivity index (χ3n) is 4.42. The van der Waals surface area contributed by atoms with E-state index >= 15 is 0 Å². The summed E-state index contributed by atoms with van der Waals surface area (Å²) in [5, 5.41) is 14.1. The number of aromatic nitrogens is 1. The van der Waals surface area contributed by atoms with Crippen molar-refractivity contribution in [3.8, 4) is 0 Å². The molecule has 0 spiro atoms. The highest BCUT2D eigenvalue weighted by Crippen LogP contribution is 2.23. The number of aliphatic hydroxyl groups excluding tert-OH is 1. The van der Waals surface area contributed by atoms with Crippen molar-refractivity contribution < 1.29 is 9.90 Å². The number of hydrogen-bond acceptors (Lipinski definition) is 2. The predicted octanol–water partition coefficient (Wildman–Crippen LogP) is 2.44. The number of benzene rings is 1. The second-order valence-electron chi connectivity index (χ2n) is 6.01. The SMILES string of the molecule is Cc1cccc2[nH]cc(CC(=O)NC3CCCCC3O)c12. The summed E-state index contributed by atoms with van der Waals surface area (Å²) in [4.78, 5) is 15.5. The molecule has 2 unspecified atom stereocenters. The molecule has 21 heavy (non-hydrogen) atoms. The molecule has 0 bridgehead atoms. The fourth-order valence-corrected chi connectivity index (χ4v) is 3.30. The van der Waals surface area contributed by atoms with Gasteiger partial charge in [0.15, 0.2) is 0 Å². The summed E-state index contributed by atoms with van der Waals surface area (Å²) >= 11 is 0. The van der Waals surface area contributed by atoms with Gasteiger partial charge in [-0.3, -0.25) is 4.79 Å². The summed E-state index contributed by atoms with van der Waals surface area (Å²) in [6.45, 7) is 2.06. The predicted molar refractivity (Wildman–Crippen MR) is 83.1 cm³/mol. The molecule has 3 N–H and O–H groups in total. The molecule has 1 heterocycles. The van der Waals surface area contributed by atoms with Crippen LogP contribution in [0.2, 0.25) is 0 Å². The lowest BCUT2D eigenvalue weighted by Gasteiger charge is -2.28. The first-order chi connectivity index (χ1) is 10.1. The van der Waals surface area contributed by atoms with Crippen molar-refractivity contribution in [2.24, 2.45) is 0 Å². The van der Waals surface area contributed by atoms with Crippen LogP contribution in [0, 0.1) is 6.92 Å². The molecule has 4 nitrogen and oxygen atoms in total. The summed E-state index contributed by atoms with van der Waals surface area (Å²) in [5.74, 6) is -0.00916. The van der Waals surface area contributed by atoms with Crippen molar-refractivity contribution in [3.05, 3.63) is 35.5 Å². The van der Waals surface area contributed by atoms with Gasteiger partial charge in [-0.1, -0.05) is 25.0 Å². The third-order valence-corrected chi connectivity index (χ3v) is 4.42. The first-order valence-electron chi connectivity index (χ1n) is 7.68. The molecule has 1 aromatic carbocycles. The quantitative estimate of drug-likeness (QED) is 0.811. The van der Waals surface area contributed by atoms with Crippen molar-refractivity contribution in [2.75, 3.05) is 0 Å². The monoisotopic (exact) mass is 286 g/mol. The summed E-state index contributed by atoms with van der Waals surface area (Å²) in [6, 6.07) is 6.01. The first-order valence-corrected chi connectivity index (χ1v) is 7.68. The van der Waals surface area contributed by atoms with Crippen LogP contribution >= 0.6 is 0 Å². The number of H-pyrrole nitrogens is 1. The molecule has 1 aromatic heterocycles. The van der Waals surface area contributed by atoms with Crippen molar-refractivity contribution in [1.82, 2.24) is 10.3 Å². The van der Waals surface area contributed by atoms with Crippen LogP contribution in [0.5, 0.6) is 0 Å². The molecule has 3 rings (SSSR count). The Morgan fingerprint density at radius 1 is 1.38 bits per heavy atom. The van der Waals surface area contributed by atoms with E-state index in [2.05, 4.69) is 23.3 Å². The van der Waals surface area contributed by atoms with Crippen LogP contribution < -0.4 is 5.32 Å². The molecule has 2 aromatic rings. The molecule has 1 aliphatic rings. The van der Waals surface area contributed by atoms with E-state index in [1.54, 1.807) is 0 Å². The van der Waals surface area contributed by atoms with E-state index in [9.17, 15) is 9.90 Å². The lowest BCUT2D eigenvalue weighted by Crippen LogP contribution is -2.45. The smallest absolute Gasteiger partial charge is 0.224 e. The minimum absolute atomic E-state index is 0.00916. The minimum Gasteiger partial charge on any atom is -0.391 e. The van der Waals surface area contributed by atoms with Gasteiger partial charge in [-0.05, 0) is 37.0 Å². The standard InChI is InChI=1S/C17H22N2O2/c1-11-5-4-7-14-17(11)12(10-18-14)9-16(21)19-13-6-2-3-8-15(13)20/h4-5,7,10,13,15,18,20H,2-3,6,8-9H2,1H3,(H,19,21). The number of carbonyl (C=O) groups excluding carboxylic acids is 1. The van der Waals surface area contributed by atoms with Crippen LogP contribution in [0.3, 0.4) is 0 Å². The normalized spacial score (nSPS) is 22.4. The molecule has 2 atom stereocenters. The Hall–Kier alpha value is -1.81. The van der Waals surface area contributed by atoms with Gasteiger partial charge in [0, 0.05) is 17.1 Å². The van der Waals surface area contributed by atoms with E-state index in [4.69, 9.17) is 0 Å². The van der Waals surface area contributed by atoms with Crippen LogP contribution in [0.1, 0.15) is 36.8 Å². The van der Waals surface area contributed by atoms with Crippen molar-refractivity contribution >= 4 is 16.8 Å². The summed E-state index contributed by atoms with van der Waals surface area (Å²) in [5.41, 5.74) is 3.26. The molecule has 0 saturated heterocycles. The van der Waals surface area contributed by atoms with Gasteiger partial charge in [0.25, 0.3) is 0 Å². The number of hydrogen-bond donors (Lipinski definition) is 3. The van der Waals surface area contributed by atoms with E-state index in [0.29, 0.717) is 6.42 Å². The second kappa shape index (κ2) is 5.90. The maximum absolute atomic E-state index is 12.2. The zero-order valence-corrected chi connectivity index (χ0v) is 12.4. The molecule has 1 fully saturated rings. The summed E-state index contributed by atoms with van der Waals surface area (Å²) in [6.07, 6.45) is 5.66. The Bertz CT molecular complexity index is 647. The highest BCUT2D eigenvalue weighted by molar-refractivity contribution is 5.91. The Morgan fingerprint density at radius 3 is 3.00 bits per heavy atom. The molecular formula is C17H22N2O2. The van der Waals surface area contributed by atoms with Crippen LogP contribution in [0.25, 0.3) is 10.9 Å². The zero-order valence-electron chi connectivity index (χ0n) is 12.4. The van der Waals surface area contributed by atoms with E-state index < -0.39 is 6.10 Å². The first kappa shape index (κ1) is 14.1. The average molecular weight is 286 g/mol. The minimum atomic E-state index is -0.396. The molecule has 1 saturated carbocycles. The van der Waals surface area contributed by atoms with Gasteiger partial charge < -0.3 is 15.4 Å². The number of rotatable bonds is 3. The number of carbonyl (C=O) groups is 1. The molecule has 1 aliphatic carbocycles. The molecular weight excluding hydrogens is 264 g/mol. The zero-order chi connectivity index (χ0) is 14.8. The van der Waals surface area contributed by atoms with Gasteiger partial charge in [-0.25, -0.2) is 0 Å². The fraction of sp³-hybridized carbons (Fsp3) is 0.471. The molecule has 0 radical (unpaired) electrons. The third kappa shape index (κ3) is 2.95. The Balaban J connectivity index is 1.71. The molecule has 112 valence electrons. The Kier molecular flexibility index (Phi) is 3.97. The number of aryl methyl sites for hydroxylation is 1. The van der Waals surface area contributed by atoms with E-state index in [1.165, 1.54) is 5.56 Å². The van der Waals surface area contributed by atoms with Crippen LogP contribution in [-0.2, 0) is 11.2 Å². The van der Waals surface area contributed by atoms with E-state index in [0.717, 1.165) is 42.1 Å². The van der Waals surface area contributed by atoms with Crippen LogP contribution in [0.4, 0.5) is 0 Å². The highest BCUT2D eigenvalue weighted by atomic mass is 16.3. The van der Waals surface area contributed by atoms with Crippen LogP contribution in [0.15, 0.2) is 24.4 Å². The molecule has 1 amide bonds. The van der Waals surface area contributed by atoms with Gasteiger partial charge >= 0.3 is 0 Å². The highest BCUT2D eigenvalue weighted by Gasteiger charge is 2.24. The van der Waals surface area contributed by atoms with Gasteiger partial charge in [-0.2, -0.15) is 0 Å². The summed E-state index contributed by atoms with van der Waals surface area (Å²) < 4.78 is 0. The Labute approximate surface area is 124 Å². The van der Waals surface area contributed by atoms with Crippen molar-refractivity contribution in [2.45, 2.75) is 51.2 Å². The van der Waals surface area contributed by atoms with E-state index in [-0.39, 0.29) is 11.9 Å².